The van der Waals surface area contributed by atoms with Crippen LogP contribution in [0.1, 0.15) is 13.8 Å². The molecule has 0 saturated heterocycles. The van der Waals surface area contributed by atoms with Crippen molar-refractivity contribution in [2.45, 2.75) is 26.4 Å². The van der Waals surface area contributed by atoms with Gasteiger partial charge < -0.3 is 5.32 Å². The largest absolute Gasteiger partial charge is 0.352 e. The molecule has 0 atom stereocenters. The Labute approximate surface area is 85.4 Å². The minimum Gasteiger partial charge on any atom is -0.352 e. The van der Waals surface area contributed by atoms with Gasteiger partial charge in [0, 0.05) is 12.2 Å². The molecular weight excluding hydrogens is 234 g/mol. The maximum Gasteiger partial charge on any atom is 0.241 e. The standard InChI is InChI=1S/C8H12BrN3O/c1-6(2)10-8(13)5-12-4-3-7(9)11-12/h3-4,6H,5H2,1-2H3,(H,10,13). The average molecular weight is 246 g/mol. The van der Waals surface area contributed by atoms with Crippen molar-refractivity contribution in [1.29, 1.82) is 0 Å². The molecule has 0 saturated carbocycles. The highest BCUT2D eigenvalue weighted by Gasteiger charge is 2.04. The first-order chi connectivity index (χ1) is 6.08. The molecule has 0 aliphatic heterocycles. The Balaban J connectivity index is 2.45. The number of hydrogen-bond acceptors (Lipinski definition) is 2. The topological polar surface area (TPSA) is 46.9 Å². The molecule has 1 amide bonds. The van der Waals surface area contributed by atoms with E-state index in [9.17, 15) is 4.79 Å². The zero-order valence-electron chi connectivity index (χ0n) is 7.62. The van der Waals surface area contributed by atoms with Gasteiger partial charge >= 0.3 is 0 Å². The van der Waals surface area contributed by atoms with Gasteiger partial charge in [-0.05, 0) is 35.8 Å². The van der Waals surface area contributed by atoms with E-state index in [0.29, 0.717) is 0 Å². The molecule has 1 N–H and O–H groups in total. The minimum atomic E-state index is -0.0226. The van der Waals surface area contributed by atoms with Crippen LogP contribution in [0, 0.1) is 0 Å². The molecule has 4 nitrogen and oxygen atoms in total. The third-order valence-corrected chi connectivity index (χ3v) is 1.79. The number of hydrogen-bond donors (Lipinski definition) is 1. The van der Waals surface area contributed by atoms with Crippen molar-refractivity contribution in [3.05, 3.63) is 16.9 Å². The van der Waals surface area contributed by atoms with Crippen molar-refractivity contribution in [3.63, 3.8) is 0 Å². The van der Waals surface area contributed by atoms with E-state index in [1.165, 1.54) is 0 Å². The quantitative estimate of drug-likeness (QED) is 0.870. The van der Waals surface area contributed by atoms with Gasteiger partial charge in [0.1, 0.15) is 11.1 Å². The van der Waals surface area contributed by atoms with Crippen molar-refractivity contribution in [2.24, 2.45) is 0 Å². The summed E-state index contributed by atoms with van der Waals surface area (Å²) >= 11 is 3.21. The van der Waals surface area contributed by atoms with Gasteiger partial charge in [-0.15, -0.1) is 0 Å². The summed E-state index contributed by atoms with van der Waals surface area (Å²) in [6.45, 7) is 4.12. The molecule has 0 radical (unpaired) electrons. The van der Waals surface area contributed by atoms with Crippen LogP contribution in [0.5, 0.6) is 0 Å². The third kappa shape index (κ3) is 3.59. The van der Waals surface area contributed by atoms with Crippen LogP contribution in [-0.4, -0.2) is 21.7 Å². The Kier molecular flexibility index (Phi) is 3.48. The Morgan fingerprint density at radius 1 is 1.77 bits per heavy atom. The van der Waals surface area contributed by atoms with Crippen LogP contribution in [0.15, 0.2) is 16.9 Å². The minimum absolute atomic E-state index is 0.0226. The van der Waals surface area contributed by atoms with E-state index < -0.39 is 0 Å². The van der Waals surface area contributed by atoms with Crippen LogP contribution in [0.3, 0.4) is 0 Å². The summed E-state index contributed by atoms with van der Waals surface area (Å²) in [5.74, 6) is -0.0226. The van der Waals surface area contributed by atoms with Gasteiger partial charge in [-0.25, -0.2) is 0 Å². The van der Waals surface area contributed by atoms with E-state index in [-0.39, 0.29) is 18.5 Å². The number of carbonyl (C=O) groups excluding carboxylic acids is 1. The zero-order valence-corrected chi connectivity index (χ0v) is 9.21. The molecular formula is C8H12BrN3O. The summed E-state index contributed by atoms with van der Waals surface area (Å²) < 4.78 is 2.33. The first kappa shape index (κ1) is 10.2. The van der Waals surface area contributed by atoms with Crippen molar-refractivity contribution in [2.75, 3.05) is 0 Å². The maximum atomic E-state index is 11.2. The predicted octanol–water partition coefficient (Wildman–Crippen LogP) is 1.17. The maximum absolute atomic E-state index is 11.2. The normalized spacial score (nSPS) is 10.5. The Morgan fingerprint density at radius 2 is 2.46 bits per heavy atom. The van der Waals surface area contributed by atoms with Gasteiger partial charge in [-0.1, -0.05) is 0 Å². The Hall–Kier alpha value is -0.840. The van der Waals surface area contributed by atoms with Crippen molar-refractivity contribution in [1.82, 2.24) is 15.1 Å². The lowest BCUT2D eigenvalue weighted by Crippen LogP contribution is -2.33. The highest BCUT2D eigenvalue weighted by molar-refractivity contribution is 9.10. The summed E-state index contributed by atoms with van der Waals surface area (Å²) in [6, 6.07) is 1.97. The van der Waals surface area contributed by atoms with Crippen molar-refractivity contribution in [3.8, 4) is 0 Å². The van der Waals surface area contributed by atoms with Crippen LogP contribution in [0.2, 0.25) is 0 Å². The molecule has 5 heteroatoms. The van der Waals surface area contributed by atoms with Crippen molar-refractivity contribution >= 4 is 21.8 Å². The number of nitrogens with one attached hydrogen (secondary N) is 1. The molecule has 0 aliphatic rings. The molecule has 1 rings (SSSR count). The molecule has 1 heterocycles. The smallest absolute Gasteiger partial charge is 0.241 e. The van der Waals surface area contributed by atoms with E-state index >= 15 is 0 Å². The van der Waals surface area contributed by atoms with Gasteiger partial charge in [-0.2, -0.15) is 5.10 Å². The average Bonchev–Trinajstić information content (AvgIpc) is 2.33. The molecule has 0 aromatic carbocycles. The van der Waals surface area contributed by atoms with Gasteiger partial charge in [0.05, 0.1) is 0 Å². The molecule has 0 unspecified atom stereocenters. The fraction of sp³-hybridized carbons (Fsp3) is 0.500. The summed E-state index contributed by atoms with van der Waals surface area (Å²) in [6.07, 6.45) is 1.75. The van der Waals surface area contributed by atoms with Gasteiger partial charge in [-0.3, -0.25) is 9.48 Å². The highest BCUT2D eigenvalue weighted by atomic mass is 79.9. The van der Waals surface area contributed by atoms with E-state index in [4.69, 9.17) is 0 Å². The third-order valence-electron chi connectivity index (χ3n) is 1.36. The van der Waals surface area contributed by atoms with Crippen LogP contribution in [0.4, 0.5) is 0 Å². The lowest BCUT2D eigenvalue weighted by Gasteiger charge is -2.07. The van der Waals surface area contributed by atoms with E-state index in [2.05, 4.69) is 26.3 Å². The van der Waals surface area contributed by atoms with Crippen molar-refractivity contribution < 1.29 is 4.79 Å². The predicted molar refractivity (Wildman–Crippen MR) is 53.2 cm³/mol. The fourth-order valence-electron chi connectivity index (χ4n) is 0.940. The van der Waals surface area contributed by atoms with Crippen LogP contribution >= 0.6 is 15.9 Å². The number of amides is 1. The number of halogens is 1. The summed E-state index contributed by atoms with van der Waals surface area (Å²) in [4.78, 5) is 11.2. The summed E-state index contributed by atoms with van der Waals surface area (Å²) in [5, 5.41) is 6.82. The molecule has 1 aromatic heterocycles. The fourth-order valence-corrected chi connectivity index (χ4v) is 1.26. The molecule has 1 aromatic rings. The first-order valence-electron chi connectivity index (χ1n) is 4.06. The lowest BCUT2D eigenvalue weighted by molar-refractivity contribution is -0.122. The van der Waals surface area contributed by atoms with Gasteiger partial charge in [0.15, 0.2) is 0 Å². The van der Waals surface area contributed by atoms with E-state index in [1.54, 1.807) is 16.9 Å². The lowest BCUT2D eigenvalue weighted by atomic mass is 10.4. The molecule has 0 bridgehead atoms. The van der Waals surface area contributed by atoms with Crippen LogP contribution < -0.4 is 5.32 Å². The van der Waals surface area contributed by atoms with E-state index in [1.807, 2.05) is 13.8 Å². The first-order valence-corrected chi connectivity index (χ1v) is 4.85. The summed E-state index contributed by atoms with van der Waals surface area (Å²) in [5.41, 5.74) is 0. The summed E-state index contributed by atoms with van der Waals surface area (Å²) in [7, 11) is 0. The molecule has 0 aliphatic carbocycles. The molecule has 0 spiro atoms. The molecule has 72 valence electrons. The number of nitrogens with zero attached hydrogens (tertiary/aromatic N) is 2. The molecule has 0 fully saturated rings. The van der Waals surface area contributed by atoms with E-state index in [0.717, 1.165) is 4.60 Å². The number of carbonyl (C=O) groups is 1. The van der Waals surface area contributed by atoms with Crippen LogP contribution in [-0.2, 0) is 11.3 Å². The number of rotatable bonds is 3. The second kappa shape index (κ2) is 4.41. The second-order valence-corrected chi connectivity index (χ2v) is 3.87. The second-order valence-electron chi connectivity index (χ2n) is 3.06. The van der Waals surface area contributed by atoms with Crippen LogP contribution in [0.25, 0.3) is 0 Å². The Bertz CT molecular complexity index is 295. The van der Waals surface area contributed by atoms with Gasteiger partial charge in [0.25, 0.3) is 0 Å². The SMILES string of the molecule is CC(C)NC(=O)Cn1ccc(Br)n1. The molecule has 13 heavy (non-hydrogen) atoms. The zero-order chi connectivity index (χ0) is 9.84. The number of aromatic nitrogens is 2. The monoisotopic (exact) mass is 245 g/mol. The Morgan fingerprint density at radius 3 is 2.92 bits per heavy atom. The van der Waals surface area contributed by atoms with Gasteiger partial charge in [0.2, 0.25) is 5.91 Å². The highest BCUT2D eigenvalue weighted by Crippen LogP contribution is 2.03.